The molecule has 0 saturated carbocycles. The third kappa shape index (κ3) is 3.32. The molecule has 1 aromatic rings. The van der Waals surface area contributed by atoms with Crippen molar-refractivity contribution in [3.63, 3.8) is 0 Å². The van der Waals surface area contributed by atoms with Crippen LogP contribution in [0, 0.1) is 0 Å². The number of carbonyl (C=O) groups is 1. The molecule has 1 saturated heterocycles. The number of aliphatic carboxylic acids is 1. The molecule has 4 nitrogen and oxygen atoms in total. The van der Waals surface area contributed by atoms with Crippen LogP contribution in [0.5, 0.6) is 0 Å². The van der Waals surface area contributed by atoms with Gasteiger partial charge in [0.1, 0.15) is 0 Å². The molecule has 90 valence electrons. The normalized spacial score (nSPS) is 16.4. The van der Waals surface area contributed by atoms with Crippen molar-refractivity contribution in [1.82, 2.24) is 0 Å². The summed E-state index contributed by atoms with van der Waals surface area (Å²) >= 11 is 0. The highest BCUT2D eigenvalue weighted by atomic mass is 16.5. The van der Waals surface area contributed by atoms with E-state index in [0.717, 1.165) is 43.6 Å². The van der Waals surface area contributed by atoms with Crippen LogP contribution in [0.15, 0.2) is 30.3 Å². The number of hydrogen-bond acceptors (Lipinski definition) is 3. The first-order valence-corrected chi connectivity index (χ1v) is 5.59. The first kappa shape index (κ1) is 11.7. The number of benzene rings is 1. The summed E-state index contributed by atoms with van der Waals surface area (Å²) < 4.78 is 5.29. The number of ether oxygens (including phenoxy) is 1. The Morgan fingerprint density at radius 2 is 1.88 bits per heavy atom. The molecule has 1 aliphatic heterocycles. The zero-order valence-corrected chi connectivity index (χ0v) is 9.50. The van der Waals surface area contributed by atoms with Gasteiger partial charge >= 0.3 is 5.97 Å². The van der Waals surface area contributed by atoms with Crippen molar-refractivity contribution in [3.05, 3.63) is 35.9 Å². The summed E-state index contributed by atoms with van der Waals surface area (Å²) in [5, 5.41) is 8.52. The third-order valence-electron chi connectivity index (χ3n) is 2.69. The van der Waals surface area contributed by atoms with Crippen molar-refractivity contribution < 1.29 is 14.6 Å². The van der Waals surface area contributed by atoms with E-state index in [1.807, 2.05) is 24.3 Å². The molecule has 4 heteroatoms. The molecule has 1 N–H and O–H groups in total. The molecule has 0 aliphatic carbocycles. The van der Waals surface area contributed by atoms with E-state index in [4.69, 9.17) is 9.84 Å². The van der Waals surface area contributed by atoms with Gasteiger partial charge in [-0.15, -0.1) is 0 Å². The van der Waals surface area contributed by atoms with E-state index in [2.05, 4.69) is 4.90 Å². The summed E-state index contributed by atoms with van der Waals surface area (Å²) in [5.74, 6) is -0.928. The Kier molecular flexibility index (Phi) is 3.77. The van der Waals surface area contributed by atoms with Gasteiger partial charge in [-0.05, 0) is 23.8 Å². The maximum Gasteiger partial charge on any atom is 0.328 e. The van der Waals surface area contributed by atoms with Gasteiger partial charge in [0.2, 0.25) is 0 Å². The summed E-state index contributed by atoms with van der Waals surface area (Å²) in [6, 6.07) is 7.86. The Hall–Kier alpha value is -1.81. The summed E-state index contributed by atoms with van der Waals surface area (Å²) in [7, 11) is 0. The van der Waals surface area contributed by atoms with Crippen molar-refractivity contribution >= 4 is 17.7 Å². The zero-order chi connectivity index (χ0) is 12.1. The molecule has 17 heavy (non-hydrogen) atoms. The average Bonchev–Trinajstić information content (AvgIpc) is 2.38. The molecule has 1 aliphatic rings. The van der Waals surface area contributed by atoms with Crippen LogP contribution < -0.4 is 4.90 Å². The van der Waals surface area contributed by atoms with Crippen LogP contribution in [-0.2, 0) is 9.53 Å². The maximum atomic E-state index is 10.4. The Bertz CT molecular complexity index is 405. The lowest BCUT2D eigenvalue weighted by Gasteiger charge is -2.28. The van der Waals surface area contributed by atoms with Crippen molar-refractivity contribution in [3.8, 4) is 0 Å². The van der Waals surface area contributed by atoms with E-state index >= 15 is 0 Å². The summed E-state index contributed by atoms with van der Waals surface area (Å²) in [4.78, 5) is 12.6. The van der Waals surface area contributed by atoms with Gasteiger partial charge in [0.15, 0.2) is 0 Å². The monoisotopic (exact) mass is 233 g/mol. The highest BCUT2D eigenvalue weighted by Crippen LogP contribution is 2.17. The Balaban J connectivity index is 2.04. The smallest absolute Gasteiger partial charge is 0.328 e. The highest BCUT2D eigenvalue weighted by Gasteiger charge is 2.10. The van der Waals surface area contributed by atoms with Crippen LogP contribution in [0.4, 0.5) is 5.69 Å². The lowest BCUT2D eigenvalue weighted by atomic mass is 10.2. The molecule has 0 atom stereocenters. The van der Waals surface area contributed by atoms with E-state index in [1.54, 1.807) is 6.08 Å². The summed E-state index contributed by atoms with van der Waals surface area (Å²) in [6.07, 6.45) is 2.73. The molecule has 1 heterocycles. The highest BCUT2D eigenvalue weighted by molar-refractivity contribution is 5.85. The van der Waals surface area contributed by atoms with Gasteiger partial charge in [0.25, 0.3) is 0 Å². The second kappa shape index (κ2) is 5.50. The molecule has 0 bridgehead atoms. The van der Waals surface area contributed by atoms with Gasteiger partial charge < -0.3 is 14.7 Å². The molecule has 0 unspecified atom stereocenters. The van der Waals surface area contributed by atoms with Crippen molar-refractivity contribution in [1.29, 1.82) is 0 Å². The standard InChI is InChI=1S/C13H15NO3/c15-13(16)6-3-11-1-4-12(5-2-11)14-7-9-17-10-8-14/h1-6H,7-10H2,(H,15,16)/b6-3+. The van der Waals surface area contributed by atoms with Crippen molar-refractivity contribution in [2.24, 2.45) is 0 Å². The van der Waals surface area contributed by atoms with E-state index < -0.39 is 5.97 Å². The fourth-order valence-electron chi connectivity index (χ4n) is 1.79. The largest absolute Gasteiger partial charge is 0.478 e. The molecule has 0 amide bonds. The minimum Gasteiger partial charge on any atom is -0.478 e. The second-order valence-electron chi connectivity index (χ2n) is 3.86. The topological polar surface area (TPSA) is 49.8 Å². The third-order valence-corrected chi connectivity index (χ3v) is 2.69. The molecule has 0 aromatic heterocycles. The quantitative estimate of drug-likeness (QED) is 0.806. The summed E-state index contributed by atoms with van der Waals surface area (Å²) in [5.41, 5.74) is 2.05. The summed E-state index contributed by atoms with van der Waals surface area (Å²) in [6.45, 7) is 3.34. The minimum absolute atomic E-state index is 0.765. The Morgan fingerprint density at radius 1 is 1.24 bits per heavy atom. The maximum absolute atomic E-state index is 10.4. The SMILES string of the molecule is O=C(O)/C=C/c1ccc(N2CCOCC2)cc1. The van der Waals surface area contributed by atoms with Crippen LogP contribution in [-0.4, -0.2) is 37.4 Å². The van der Waals surface area contributed by atoms with E-state index in [9.17, 15) is 4.79 Å². The fourth-order valence-corrected chi connectivity index (χ4v) is 1.79. The van der Waals surface area contributed by atoms with Crippen LogP contribution >= 0.6 is 0 Å². The van der Waals surface area contributed by atoms with Gasteiger partial charge in [0.05, 0.1) is 13.2 Å². The molecule has 0 radical (unpaired) electrons. The number of carboxylic acid groups (broad SMARTS) is 1. The van der Waals surface area contributed by atoms with E-state index in [1.165, 1.54) is 0 Å². The molecule has 0 spiro atoms. The number of hydrogen-bond donors (Lipinski definition) is 1. The number of anilines is 1. The predicted octanol–water partition coefficient (Wildman–Crippen LogP) is 1.62. The van der Waals surface area contributed by atoms with Crippen LogP contribution in [0.2, 0.25) is 0 Å². The predicted molar refractivity (Wildman–Crippen MR) is 66.1 cm³/mol. The second-order valence-corrected chi connectivity index (χ2v) is 3.86. The first-order valence-electron chi connectivity index (χ1n) is 5.59. The molecular weight excluding hydrogens is 218 g/mol. The Labute approximate surface area is 100 Å². The number of nitrogens with zero attached hydrogens (tertiary/aromatic N) is 1. The lowest BCUT2D eigenvalue weighted by Crippen LogP contribution is -2.36. The number of morpholine rings is 1. The molecular formula is C13H15NO3. The van der Waals surface area contributed by atoms with Gasteiger partial charge in [-0.3, -0.25) is 0 Å². The Morgan fingerprint density at radius 3 is 2.47 bits per heavy atom. The van der Waals surface area contributed by atoms with Gasteiger partial charge in [0, 0.05) is 24.9 Å². The van der Waals surface area contributed by atoms with Crippen molar-refractivity contribution in [2.45, 2.75) is 0 Å². The number of rotatable bonds is 3. The van der Waals surface area contributed by atoms with E-state index in [-0.39, 0.29) is 0 Å². The van der Waals surface area contributed by atoms with Crippen LogP contribution in [0.1, 0.15) is 5.56 Å². The van der Waals surface area contributed by atoms with Gasteiger partial charge in [-0.2, -0.15) is 0 Å². The average molecular weight is 233 g/mol. The minimum atomic E-state index is -0.928. The van der Waals surface area contributed by atoms with Crippen LogP contribution in [0.3, 0.4) is 0 Å². The van der Waals surface area contributed by atoms with Crippen molar-refractivity contribution in [2.75, 3.05) is 31.2 Å². The molecule has 1 fully saturated rings. The zero-order valence-electron chi connectivity index (χ0n) is 9.50. The van der Waals surface area contributed by atoms with Gasteiger partial charge in [-0.25, -0.2) is 4.79 Å². The molecule has 1 aromatic carbocycles. The number of carboxylic acids is 1. The lowest BCUT2D eigenvalue weighted by molar-refractivity contribution is -0.131. The fraction of sp³-hybridized carbons (Fsp3) is 0.308. The molecule has 2 rings (SSSR count). The first-order chi connectivity index (χ1) is 8.25. The van der Waals surface area contributed by atoms with Crippen LogP contribution in [0.25, 0.3) is 6.08 Å². The van der Waals surface area contributed by atoms with E-state index in [0.29, 0.717) is 0 Å². The van der Waals surface area contributed by atoms with Gasteiger partial charge in [-0.1, -0.05) is 12.1 Å².